The molecule has 0 aliphatic carbocycles. The van der Waals surface area contributed by atoms with Crippen LogP contribution >= 0.6 is 0 Å². The summed E-state index contributed by atoms with van der Waals surface area (Å²) < 4.78 is 5.52. The van der Waals surface area contributed by atoms with E-state index in [-0.39, 0.29) is 0 Å². The standard InChI is InChI=1S/C11H25NO/c1-11(2,3)7-10-13-9-6-4-5-8-12/h4-10,12H2,1-3H3. The van der Waals surface area contributed by atoms with E-state index in [9.17, 15) is 0 Å². The Labute approximate surface area is 82.8 Å². The van der Waals surface area contributed by atoms with Crippen LogP contribution in [0.2, 0.25) is 0 Å². The molecule has 0 radical (unpaired) electrons. The van der Waals surface area contributed by atoms with Gasteiger partial charge >= 0.3 is 0 Å². The second-order valence-corrected chi connectivity index (χ2v) is 4.77. The topological polar surface area (TPSA) is 35.2 Å². The third-order valence-electron chi connectivity index (χ3n) is 1.99. The van der Waals surface area contributed by atoms with Crippen LogP contribution in [0, 0.1) is 5.41 Å². The summed E-state index contributed by atoms with van der Waals surface area (Å²) >= 11 is 0. The van der Waals surface area contributed by atoms with Crippen LogP contribution in [0.3, 0.4) is 0 Å². The van der Waals surface area contributed by atoms with Gasteiger partial charge in [0.15, 0.2) is 0 Å². The molecule has 0 aliphatic heterocycles. The van der Waals surface area contributed by atoms with Crippen molar-refractivity contribution in [3.63, 3.8) is 0 Å². The van der Waals surface area contributed by atoms with Crippen LogP contribution in [0.1, 0.15) is 46.5 Å². The Morgan fingerprint density at radius 2 is 1.69 bits per heavy atom. The molecule has 80 valence electrons. The number of hydrogen-bond acceptors (Lipinski definition) is 2. The minimum absolute atomic E-state index is 0.400. The van der Waals surface area contributed by atoms with Crippen LogP contribution in [0.25, 0.3) is 0 Å². The van der Waals surface area contributed by atoms with Crippen LogP contribution in [0.5, 0.6) is 0 Å². The van der Waals surface area contributed by atoms with Gasteiger partial charge in [0.1, 0.15) is 0 Å². The van der Waals surface area contributed by atoms with Crippen molar-refractivity contribution in [3.8, 4) is 0 Å². The van der Waals surface area contributed by atoms with E-state index in [0.29, 0.717) is 5.41 Å². The molecule has 0 aliphatic rings. The molecule has 0 saturated carbocycles. The molecular weight excluding hydrogens is 162 g/mol. The molecule has 0 unspecified atom stereocenters. The van der Waals surface area contributed by atoms with E-state index in [1.54, 1.807) is 0 Å². The van der Waals surface area contributed by atoms with Crippen LogP contribution in [0.4, 0.5) is 0 Å². The van der Waals surface area contributed by atoms with Crippen LogP contribution < -0.4 is 5.73 Å². The maximum atomic E-state index is 5.52. The summed E-state index contributed by atoms with van der Waals surface area (Å²) in [6, 6.07) is 0. The first-order valence-electron chi connectivity index (χ1n) is 5.34. The SMILES string of the molecule is CC(C)(C)CCOCCCCCN. The first kappa shape index (κ1) is 12.9. The molecule has 0 aromatic rings. The molecule has 0 spiro atoms. The third kappa shape index (κ3) is 11.9. The highest BCUT2D eigenvalue weighted by Gasteiger charge is 2.08. The van der Waals surface area contributed by atoms with Crippen LogP contribution in [0.15, 0.2) is 0 Å². The molecule has 2 N–H and O–H groups in total. The van der Waals surface area contributed by atoms with Crippen LogP contribution in [-0.4, -0.2) is 19.8 Å². The number of rotatable bonds is 7. The fourth-order valence-corrected chi connectivity index (χ4v) is 1.01. The van der Waals surface area contributed by atoms with Gasteiger partial charge in [-0.15, -0.1) is 0 Å². The van der Waals surface area contributed by atoms with Crippen molar-refractivity contribution < 1.29 is 4.74 Å². The second kappa shape index (κ2) is 7.34. The monoisotopic (exact) mass is 187 g/mol. The van der Waals surface area contributed by atoms with Crippen molar-refractivity contribution in [3.05, 3.63) is 0 Å². The van der Waals surface area contributed by atoms with E-state index in [1.165, 1.54) is 6.42 Å². The maximum Gasteiger partial charge on any atom is 0.0471 e. The summed E-state index contributed by atoms with van der Waals surface area (Å²) in [5.41, 5.74) is 5.79. The lowest BCUT2D eigenvalue weighted by Crippen LogP contribution is -2.10. The molecular formula is C11H25NO. The number of ether oxygens (including phenoxy) is 1. The van der Waals surface area contributed by atoms with Gasteiger partial charge in [0.25, 0.3) is 0 Å². The molecule has 0 bridgehead atoms. The van der Waals surface area contributed by atoms with E-state index in [1.807, 2.05) is 0 Å². The second-order valence-electron chi connectivity index (χ2n) is 4.77. The zero-order chi connectivity index (χ0) is 10.2. The molecule has 2 nitrogen and oxygen atoms in total. The average molecular weight is 187 g/mol. The van der Waals surface area contributed by atoms with Crippen molar-refractivity contribution in [1.29, 1.82) is 0 Å². The Morgan fingerprint density at radius 1 is 1.00 bits per heavy atom. The summed E-state index contributed by atoms with van der Waals surface area (Å²) in [7, 11) is 0. The zero-order valence-electron chi connectivity index (χ0n) is 9.44. The van der Waals surface area contributed by atoms with E-state index in [4.69, 9.17) is 10.5 Å². The first-order chi connectivity index (χ1) is 6.06. The molecule has 0 atom stereocenters. The van der Waals surface area contributed by atoms with Crippen molar-refractivity contribution in [2.75, 3.05) is 19.8 Å². The zero-order valence-corrected chi connectivity index (χ0v) is 9.44. The lowest BCUT2D eigenvalue weighted by atomic mass is 9.93. The normalized spacial score (nSPS) is 12.0. The largest absolute Gasteiger partial charge is 0.381 e. The smallest absolute Gasteiger partial charge is 0.0471 e. The van der Waals surface area contributed by atoms with Crippen molar-refractivity contribution in [1.82, 2.24) is 0 Å². The van der Waals surface area contributed by atoms with E-state index < -0.39 is 0 Å². The van der Waals surface area contributed by atoms with Gasteiger partial charge in [-0.05, 0) is 37.6 Å². The summed E-state index contributed by atoms with van der Waals surface area (Å²) in [5.74, 6) is 0. The highest BCUT2D eigenvalue weighted by molar-refractivity contribution is 4.59. The van der Waals surface area contributed by atoms with Crippen LogP contribution in [-0.2, 0) is 4.74 Å². The molecule has 0 aromatic carbocycles. The predicted octanol–water partition coefficient (Wildman–Crippen LogP) is 2.57. The molecule has 0 amide bonds. The summed E-state index contributed by atoms with van der Waals surface area (Å²) in [6.45, 7) is 9.32. The number of nitrogens with two attached hydrogens (primary N) is 1. The Kier molecular flexibility index (Phi) is 7.29. The van der Waals surface area contributed by atoms with Crippen molar-refractivity contribution >= 4 is 0 Å². The van der Waals surface area contributed by atoms with Gasteiger partial charge in [0, 0.05) is 13.2 Å². The third-order valence-corrected chi connectivity index (χ3v) is 1.99. The highest BCUT2D eigenvalue weighted by atomic mass is 16.5. The lowest BCUT2D eigenvalue weighted by molar-refractivity contribution is 0.105. The van der Waals surface area contributed by atoms with Crippen molar-refractivity contribution in [2.45, 2.75) is 46.5 Å². The summed E-state index contributed by atoms with van der Waals surface area (Å²) in [6.07, 6.45) is 4.62. The van der Waals surface area contributed by atoms with Gasteiger partial charge in [-0.3, -0.25) is 0 Å². The van der Waals surface area contributed by atoms with Crippen molar-refractivity contribution in [2.24, 2.45) is 11.1 Å². The predicted molar refractivity (Wildman–Crippen MR) is 57.8 cm³/mol. The van der Waals surface area contributed by atoms with Gasteiger partial charge in [-0.2, -0.15) is 0 Å². The highest BCUT2D eigenvalue weighted by Crippen LogP contribution is 2.17. The van der Waals surface area contributed by atoms with Gasteiger partial charge < -0.3 is 10.5 Å². The molecule has 0 fully saturated rings. The minimum Gasteiger partial charge on any atom is -0.381 e. The van der Waals surface area contributed by atoms with Gasteiger partial charge in [-0.1, -0.05) is 20.8 Å². The maximum absolute atomic E-state index is 5.52. The first-order valence-corrected chi connectivity index (χ1v) is 5.34. The Bertz CT molecular complexity index is 107. The average Bonchev–Trinajstić information content (AvgIpc) is 2.01. The molecule has 0 saturated heterocycles. The van der Waals surface area contributed by atoms with Gasteiger partial charge in [0.2, 0.25) is 0 Å². The van der Waals surface area contributed by atoms with E-state index >= 15 is 0 Å². The summed E-state index contributed by atoms with van der Waals surface area (Å²) in [5, 5.41) is 0. The fraction of sp³-hybridized carbons (Fsp3) is 1.00. The molecule has 2 heteroatoms. The molecule has 13 heavy (non-hydrogen) atoms. The number of hydrogen-bond donors (Lipinski definition) is 1. The molecule has 0 heterocycles. The molecule has 0 rings (SSSR count). The minimum atomic E-state index is 0.400. The molecule has 0 aromatic heterocycles. The van der Waals surface area contributed by atoms with Gasteiger partial charge in [0.05, 0.1) is 0 Å². The van der Waals surface area contributed by atoms with Gasteiger partial charge in [-0.25, -0.2) is 0 Å². The Morgan fingerprint density at radius 3 is 2.23 bits per heavy atom. The summed E-state index contributed by atoms with van der Waals surface area (Å²) in [4.78, 5) is 0. The lowest BCUT2D eigenvalue weighted by Gasteiger charge is -2.17. The Balaban J connectivity index is 3.00. The van der Waals surface area contributed by atoms with E-state index in [2.05, 4.69) is 20.8 Å². The fourth-order valence-electron chi connectivity index (χ4n) is 1.01. The van der Waals surface area contributed by atoms with E-state index in [0.717, 1.165) is 39.0 Å². The Hall–Kier alpha value is -0.0800. The number of unbranched alkanes of at least 4 members (excludes halogenated alkanes) is 2. The quantitative estimate of drug-likeness (QED) is 0.622.